The van der Waals surface area contributed by atoms with E-state index in [1.54, 1.807) is 16.0 Å². The third-order valence-electron chi connectivity index (χ3n) is 10.2. The molecule has 6 rings (SSSR count). The number of alkyl carbamates (subject to hydrolysis) is 2. The van der Waals surface area contributed by atoms with E-state index in [4.69, 9.17) is 9.47 Å². The first-order valence-corrected chi connectivity index (χ1v) is 19.1. The Bertz CT molecular complexity index is 2000. The van der Waals surface area contributed by atoms with E-state index in [1.165, 1.54) is 25.6 Å². The summed E-state index contributed by atoms with van der Waals surface area (Å²) in [5, 5.41) is 11.1. The minimum atomic E-state index is -0.802. The number of ether oxygens (including phenoxy) is 2. The molecule has 5 amide bonds. The summed E-state index contributed by atoms with van der Waals surface area (Å²) in [4.78, 5) is 76.8. The van der Waals surface area contributed by atoms with E-state index >= 15 is 0 Å². The molecule has 0 bridgehead atoms. The van der Waals surface area contributed by atoms with E-state index in [2.05, 4.69) is 30.5 Å². The number of likely N-dealkylation sites (tertiary alicyclic amines) is 2. The van der Waals surface area contributed by atoms with Crippen LogP contribution in [0.1, 0.15) is 65.2 Å². The number of nitrogens with zero attached hydrogens (tertiary/aromatic N) is 4. The quantitative estimate of drug-likeness (QED) is 0.156. The number of hydrogen-bond acceptors (Lipinski definition) is 9. The molecule has 3 aromatic heterocycles. The minimum Gasteiger partial charge on any atom is -0.453 e. The predicted molar refractivity (Wildman–Crippen MR) is 204 cm³/mol. The van der Waals surface area contributed by atoms with Crippen LogP contribution in [0.4, 0.5) is 15.3 Å². The zero-order chi connectivity index (χ0) is 38.7. The monoisotopic (exact) mass is 760 g/mol. The van der Waals surface area contributed by atoms with Gasteiger partial charge in [0.25, 0.3) is 0 Å². The smallest absolute Gasteiger partial charge is 0.407 e. The van der Waals surface area contributed by atoms with Gasteiger partial charge in [0.05, 0.1) is 37.8 Å². The molecule has 0 aliphatic carbocycles. The van der Waals surface area contributed by atoms with E-state index in [1.807, 2.05) is 69.6 Å². The van der Waals surface area contributed by atoms with Crippen molar-refractivity contribution in [3.8, 4) is 16.9 Å². The molecule has 54 heavy (non-hydrogen) atoms. The molecule has 288 valence electrons. The van der Waals surface area contributed by atoms with Crippen molar-refractivity contribution in [2.24, 2.45) is 11.8 Å². The highest BCUT2D eigenvalue weighted by atomic mass is 32.1. The standard InChI is InChI=1S/C38H48N8O7S/c1-21(2)30(42-37(50)52-5)34(48)45-16-7-9-28(45)32-39-19-26(40-32)23-11-13-24(14-12-23)44-18-15-25-27(20-54-36(25)44)41-33(47)29-10-8-17-46(29)35(49)31(22(3)4)43-38(51)53-6/h11-15,18-22,28-31H,7-10,16-17H2,1-6H3,(H,39,40)(H,41,47)(H,42,50)(H,43,51)/t28?,29-,30-,31-/m0/s1. The molecular weight excluding hydrogens is 713 g/mol. The lowest BCUT2D eigenvalue weighted by Gasteiger charge is -2.30. The number of imidazole rings is 1. The third-order valence-corrected chi connectivity index (χ3v) is 11.2. The number of carbonyl (C=O) groups is 5. The van der Waals surface area contributed by atoms with Gasteiger partial charge in [-0.2, -0.15) is 0 Å². The van der Waals surface area contributed by atoms with Crippen molar-refractivity contribution in [3.63, 3.8) is 0 Å². The number of aromatic amines is 1. The lowest BCUT2D eigenvalue weighted by Crippen LogP contribution is -2.54. The summed E-state index contributed by atoms with van der Waals surface area (Å²) in [7, 11) is 2.53. The van der Waals surface area contributed by atoms with Gasteiger partial charge in [0.2, 0.25) is 17.7 Å². The number of thiophene rings is 1. The molecule has 2 aliphatic heterocycles. The maximum Gasteiger partial charge on any atom is 0.407 e. The van der Waals surface area contributed by atoms with Crippen molar-refractivity contribution in [1.82, 2.24) is 35.0 Å². The minimum absolute atomic E-state index is 0.119. The van der Waals surface area contributed by atoms with Gasteiger partial charge in [-0.15, -0.1) is 11.3 Å². The highest BCUT2D eigenvalue weighted by Gasteiger charge is 2.40. The average Bonchev–Trinajstić information content (AvgIpc) is 4.01. The van der Waals surface area contributed by atoms with Crippen molar-refractivity contribution in [3.05, 3.63) is 53.9 Å². The number of anilines is 1. The van der Waals surface area contributed by atoms with E-state index in [-0.39, 0.29) is 35.6 Å². The van der Waals surface area contributed by atoms with Crippen molar-refractivity contribution in [2.45, 2.75) is 77.5 Å². The number of methoxy groups -OCH3 is 2. The van der Waals surface area contributed by atoms with E-state index in [0.29, 0.717) is 37.4 Å². The largest absolute Gasteiger partial charge is 0.453 e. The molecule has 16 heteroatoms. The van der Waals surface area contributed by atoms with E-state index in [0.717, 1.165) is 40.0 Å². The Balaban J connectivity index is 1.13. The molecule has 2 aliphatic rings. The van der Waals surface area contributed by atoms with Gasteiger partial charge in [-0.25, -0.2) is 14.6 Å². The summed E-state index contributed by atoms with van der Waals surface area (Å²) in [6, 6.07) is 7.62. The van der Waals surface area contributed by atoms with Crippen LogP contribution < -0.4 is 16.0 Å². The second kappa shape index (κ2) is 16.3. The maximum atomic E-state index is 13.6. The number of fused-ring (bicyclic) bond motifs is 1. The molecule has 0 radical (unpaired) electrons. The molecule has 1 aromatic carbocycles. The van der Waals surface area contributed by atoms with Gasteiger partial charge in [-0.3, -0.25) is 14.4 Å². The normalized spacial score (nSPS) is 18.2. The van der Waals surface area contributed by atoms with Crippen LogP contribution in [0.2, 0.25) is 0 Å². The van der Waals surface area contributed by atoms with Crippen LogP contribution in [0.15, 0.2) is 48.1 Å². The summed E-state index contributed by atoms with van der Waals surface area (Å²) in [6.45, 7) is 8.46. The number of H-pyrrole nitrogens is 1. The number of rotatable bonds is 11. The van der Waals surface area contributed by atoms with Gasteiger partial charge in [0.1, 0.15) is 28.8 Å². The molecule has 4 atom stereocenters. The van der Waals surface area contributed by atoms with E-state index < -0.39 is 30.3 Å². The highest BCUT2D eigenvalue weighted by Crippen LogP contribution is 2.36. The third kappa shape index (κ3) is 7.79. The second-order valence-corrected chi connectivity index (χ2v) is 15.2. The summed E-state index contributed by atoms with van der Waals surface area (Å²) < 4.78 is 11.5. The fourth-order valence-corrected chi connectivity index (χ4v) is 8.27. The van der Waals surface area contributed by atoms with Gasteiger partial charge in [-0.1, -0.05) is 39.8 Å². The van der Waals surface area contributed by atoms with Crippen LogP contribution in [0.3, 0.4) is 0 Å². The molecule has 2 fully saturated rings. The van der Waals surface area contributed by atoms with Crippen molar-refractivity contribution < 1.29 is 33.4 Å². The van der Waals surface area contributed by atoms with Gasteiger partial charge >= 0.3 is 12.2 Å². The SMILES string of the molecule is COC(=O)N[C@H](C(=O)N1CCCC1c1ncc(-c2ccc(-n3ccc4c(NC(=O)[C@@H]5CCCN5C(=O)[C@@H](NC(=O)OC)C(C)C)csc43)cc2)[nH]1)C(C)C. The Hall–Kier alpha value is -5.38. The molecule has 0 saturated carbocycles. The van der Waals surface area contributed by atoms with Gasteiger partial charge in [-0.05, 0) is 61.3 Å². The maximum absolute atomic E-state index is 13.6. The Labute approximate surface area is 317 Å². The summed E-state index contributed by atoms with van der Waals surface area (Å²) >= 11 is 1.51. The first-order chi connectivity index (χ1) is 25.9. The van der Waals surface area contributed by atoms with Crippen LogP contribution in [-0.4, -0.2) is 99.7 Å². The first-order valence-electron chi connectivity index (χ1n) is 18.3. The molecule has 15 nitrogen and oxygen atoms in total. The predicted octanol–water partition coefficient (Wildman–Crippen LogP) is 5.44. The zero-order valence-electron chi connectivity index (χ0n) is 31.4. The lowest BCUT2D eigenvalue weighted by molar-refractivity contribution is -0.139. The van der Waals surface area contributed by atoms with Crippen LogP contribution >= 0.6 is 11.3 Å². The molecule has 2 saturated heterocycles. The van der Waals surface area contributed by atoms with Crippen molar-refractivity contribution in [2.75, 3.05) is 32.6 Å². The Kier molecular flexibility index (Phi) is 11.6. The first kappa shape index (κ1) is 38.3. The lowest BCUT2D eigenvalue weighted by atomic mass is 10.0. The molecule has 4 aromatic rings. The van der Waals surface area contributed by atoms with Crippen molar-refractivity contribution in [1.29, 1.82) is 0 Å². The number of hydrogen-bond donors (Lipinski definition) is 4. The number of benzene rings is 1. The van der Waals surface area contributed by atoms with E-state index in [9.17, 15) is 24.0 Å². The summed E-state index contributed by atoms with van der Waals surface area (Å²) in [5.74, 6) is -0.333. The highest BCUT2D eigenvalue weighted by molar-refractivity contribution is 7.17. The number of carbonyl (C=O) groups excluding carboxylic acids is 5. The summed E-state index contributed by atoms with van der Waals surface area (Å²) in [5.41, 5.74) is 3.36. The summed E-state index contributed by atoms with van der Waals surface area (Å²) in [6.07, 6.45) is 5.22. The molecule has 0 spiro atoms. The van der Waals surface area contributed by atoms with Crippen LogP contribution in [0.25, 0.3) is 27.2 Å². The van der Waals surface area contributed by atoms with Gasteiger partial charge in [0, 0.05) is 35.7 Å². The fraction of sp³-hybridized carbons (Fsp3) is 0.474. The fourth-order valence-electron chi connectivity index (χ4n) is 7.27. The molecular formula is C38H48N8O7S. The van der Waals surface area contributed by atoms with Gasteiger partial charge < -0.3 is 44.8 Å². The topological polar surface area (TPSA) is 180 Å². The van der Waals surface area contributed by atoms with Gasteiger partial charge in [0.15, 0.2) is 0 Å². The zero-order valence-corrected chi connectivity index (χ0v) is 32.2. The van der Waals surface area contributed by atoms with Crippen LogP contribution in [0, 0.1) is 11.8 Å². The van der Waals surface area contributed by atoms with Crippen LogP contribution in [0.5, 0.6) is 0 Å². The van der Waals surface area contributed by atoms with Crippen LogP contribution in [-0.2, 0) is 23.9 Å². The number of amides is 5. The Morgan fingerprint density at radius 2 is 1.46 bits per heavy atom. The second-order valence-electron chi connectivity index (χ2n) is 14.4. The number of nitrogens with one attached hydrogen (secondary N) is 4. The molecule has 1 unspecified atom stereocenters. The Morgan fingerprint density at radius 1 is 0.852 bits per heavy atom. The van der Waals surface area contributed by atoms with Crippen molar-refractivity contribution >= 4 is 57.1 Å². The number of aromatic nitrogens is 3. The molecule has 5 heterocycles. The Morgan fingerprint density at radius 3 is 2.09 bits per heavy atom. The average molecular weight is 761 g/mol. The molecule has 4 N–H and O–H groups in total.